The zero-order chi connectivity index (χ0) is 59.8. The highest BCUT2D eigenvalue weighted by molar-refractivity contribution is 6.05. The van der Waals surface area contributed by atoms with Gasteiger partial charge in [-0.3, -0.25) is 38.4 Å². The van der Waals surface area contributed by atoms with Crippen LogP contribution in [0.4, 0.5) is 26.3 Å². The number of aryl methyl sites for hydroxylation is 4. The lowest BCUT2D eigenvalue weighted by Gasteiger charge is -2.32. The van der Waals surface area contributed by atoms with Crippen LogP contribution in [-0.4, -0.2) is 151 Å². The maximum absolute atomic E-state index is 13.8. The molecule has 6 aromatic rings. The van der Waals surface area contributed by atoms with Crippen molar-refractivity contribution in [1.29, 1.82) is 0 Å². The summed E-state index contributed by atoms with van der Waals surface area (Å²) in [6, 6.07) is 19.0. The van der Waals surface area contributed by atoms with Crippen LogP contribution in [0.25, 0.3) is 21.8 Å². The lowest BCUT2D eigenvalue weighted by atomic mass is 10.0. The fourth-order valence-electron chi connectivity index (χ4n) is 10.1. The van der Waals surface area contributed by atoms with Crippen molar-refractivity contribution in [2.45, 2.75) is 89.9 Å². The Kier molecular flexibility index (Phi) is 19.5. The molecule has 2 aromatic carbocycles. The summed E-state index contributed by atoms with van der Waals surface area (Å²) in [6.07, 6.45) is -7.33. The van der Waals surface area contributed by atoms with Crippen LogP contribution in [0.15, 0.2) is 82.4 Å². The first-order chi connectivity index (χ1) is 38.9. The Bertz CT molecular complexity index is 3240. The first kappa shape index (κ1) is 61.4. The van der Waals surface area contributed by atoms with Gasteiger partial charge in [0.2, 0.25) is 11.8 Å². The Morgan fingerprint density at radius 2 is 0.890 bits per heavy atom. The number of carbonyl (C=O) groups is 6. The Labute approximate surface area is 464 Å². The molecule has 4 amide bonds. The van der Waals surface area contributed by atoms with Crippen molar-refractivity contribution in [1.82, 2.24) is 38.7 Å². The first-order valence-electron chi connectivity index (χ1n) is 26.3. The number of alkyl halides is 6. The summed E-state index contributed by atoms with van der Waals surface area (Å²) in [4.78, 5) is 107. The normalized spacial score (nSPS) is 14.3. The van der Waals surface area contributed by atoms with Gasteiger partial charge in [0.05, 0.1) is 24.1 Å². The number of rotatable bonds is 18. The molecule has 2 aliphatic heterocycles. The van der Waals surface area contributed by atoms with Crippen molar-refractivity contribution in [3.05, 3.63) is 127 Å². The average Bonchev–Trinajstić information content (AvgIpc) is 3.60. The van der Waals surface area contributed by atoms with Crippen molar-refractivity contribution in [2.75, 3.05) is 52.6 Å². The van der Waals surface area contributed by atoms with Crippen molar-refractivity contribution >= 4 is 57.0 Å². The predicted octanol–water partition coefficient (Wildman–Crippen LogP) is 4.88. The number of aromatic nitrogens is 4. The van der Waals surface area contributed by atoms with Gasteiger partial charge in [-0.25, -0.2) is 0 Å². The maximum Gasteiger partial charge on any atom is 0.422 e. The van der Waals surface area contributed by atoms with E-state index in [0.29, 0.717) is 61.0 Å². The summed E-state index contributed by atoms with van der Waals surface area (Å²) < 4.78 is 94.7. The standard InChI is InChI=1S/2C28H31F3N4O6/c2*1-3-19-13-20-23(27(40)35(19)14-21(37)17-7-5-4-6-8-17)25(41-16-28(29,30)31)24(33(20)2)26(39)32-18-9-11-34(12-10-18)22(38)15-36/h2*4-8,13,18,36H,3,9-12,14-16H2,1-2H3,(H,32,39). The largest absolute Gasteiger partial charge is 0.481 e. The number of nitrogens with one attached hydrogen (secondary N) is 2. The lowest BCUT2D eigenvalue weighted by molar-refractivity contribution is -0.154. The number of benzene rings is 2. The second-order valence-electron chi connectivity index (χ2n) is 19.7. The smallest absolute Gasteiger partial charge is 0.422 e. The molecule has 20 nitrogen and oxygen atoms in total. The summed E-state index contributed by atoms with van der Waals surface area (Å²) in [6.45, 7) is -0.697. The molecule has 8 rings (SSSR count). The minimum absolute atomic E-state index is 0.195. The lowest BCUT2D eigenvalue weighted by Crippen LogP contribution is -2.47. The van der Waals surface area contributed by atoms with Gasteiger partial charge >= 0.3 is 12.4 Å². The van der Waals surface area contributed by atoms with Crippen LogP contribution in [0.1, 0.15) is 92.6 Å². The molecule has 26 heteroatoms. The topological polar surface area (TPSA) is 246 Å². The van der Waals surface area contributed by atoms with Gasteiger partial charge < -0.3 is 58.4 Å². The van der Waals surface area contributed by atoms with Crippen LogP contribution in [0.2, 0.25) is 0 Å². The van der Waals surface area contributed by atoms with Crippen molar-refractivity contribution in [3.63, 3.8) is 0 Å². The van der Waals surface area contributed by atoms with E-state index in [-0.39, 0.29) is 84.0 Å². The van der Waals surface area contributed by atoms with Gasteiger partial charge in [0.25, 0.3) is 22.9 Å². The molecule has 4 aromatic heterocycles. The number of aliphatic hydroxyl groups is 2. The maximum atomic E-state index is 13.8. The summed E-state index contributed by atoms with van der Waals surface area (Å²) >= 11 is 0. The second kappa shape index (κ2) is 26.1. The van der Waals surface area contributed by atoms with Crippen molar-refractivity contribution in [3.8, 4) is 11.5 Å². The van der Waals surface area contributed by atoms with Gasteiger partial charge in [-0.05, 0) is 50.7 Å². The molecule has 0 saturated carbocycles. The van der Waals surface area contributed by atoms with E-state index in [2.05, 4.69) is 10.6 Å². The molecule has 440 valence electrons. The number of hydrogen-bond acceptors (Lipinski definition) is 12. The highest BCUT2D eigenvalue weighted by Crippen LogP contribution is 2.35. The molecule has 0 radical (unpaired) electrons. The minimum atomic E-state index is -4.74. The molecule has 0 aliphatic carbocycles. The molecule has 4 N–H and O–H groups in total. The fourth-order valence-corrected chi connectivity index (χ4v) is 10.1. The number of piperidine rings is 2. The minimum Gasteiger partial charge on any atom is -0.481 e. The number of hydrogen-bond donors (Lipinski definition) is 4. The SMILES string of the molecule is CCc1cc2c(c(OCC(F)(F)F)c(C(=O)NC3CCN(C(=O)CO)CC3)n2C)c(=O)n1CC(=O)c1ccccc1.CCc1cc2c(c(OCC(F)(F)F)c(C(=O)NC3CCN(C(=O)CO)CC3)n2C)c(=O)n1CC(=O)c1ccccc1. The number of nitrogens with zero attached hydrogens (tertiary/aromatic N) is 6. The van der Waals surface area contributed by atoms with Gasteiger partial charge in [0.1, 0.15) is 24.0 Å². The van der Waals surface area contributed by atoms with E-state index in [4.69, 9.17) is 19.7 Å². The molecule has 2 saturated heterocycles. The van der Waals surface area contributed by atoms with Crippen molar-refractivity contribution in [2.24, 2.45) is 14.1 Å². The van der Waals surface area contributed by atoms with E-state index < -0.39 is 97.1 Å². The van der Waals surface area contributed by atoms with Gasteiger partial charge in [0, 0.05) is 74.9 Å². The Balaban J connectivity index is 0.000000236. The van der Waals surface area contributed by atoms with Crippen LogP contribution in [0.3, 0.4) is 0 Å². The van der Waals surface area contributed by atoms with Crippen LogP contribution in [0.5, 0.6) is 11.5 Å². The number of carbonyl (C=O) groups excluding carboxylic acids is 6. The van der Waals surface area contributed by atoms with E-state index in [1.807, 2.05) is 0 Å². The highest BCUT2D eigenvalue weighted by Gasteiger charge is 2.36. The Hall–Kier alpha value is -8.26. The number of fused-ring (bicyclic) bond motifs is 2. The van der Waals surface area contributed by atoms with E-state index in [0.717, 1.165) is 0 Å². The second-order valence-corrected chi connectivity index (χ2v) is 19.7. The first-order valence-corrected chi connectivity index (χ1v) is 26.3. The highest BCUT2D eigenvalue weighted by atomic mass is 19.4. The fraction of sp³-hybridized carbons (Fsp3) is 0.429. The number of ketones is 2. The summed E-state index contributed by atoms with van der Waals surface area (Å²) in [5, 5.41) is 23.2. The van der Waals surface area contributed by atoms with E-state index >= 15 is 0 Å². The van der Waals surface area contributed by atoms with Crippen LogP contribution in [0, 0.1) is 0 Å². The number of amides is 4. The molecule has 0 unspecified atom stereocenters. The molecule has 2 aliphatic rings. The molecule has 6 heterocycles. The number of Topliss-reactive ketones (excluding diaryl/α,β-unsaturated/α-hetero) is 2. The van der Waals surface area contributed by atoms with Gasteiger partial charge in [-0.1, -0.05) is 74.5 Å². The number of likely N-dealkylation sites (tertiary alicyclic amines) is 2. The van der Waals surface area contributed by atoms with Crippen LogP contribution >= 0.6 is 0 Å². The third kappa shape index (κ3) is 14.1. The van der Waals surface area contributed by atoms with Gasteiger partial charge in [-0.15, -0.1) is 0 Å². The number of ether oxygens (including phenoxy) is 2. The molecule has 2 fully saturated rings. The molecule has 82 heavy (non-hydrogen) atoms. The van der Waals surface area contributed by atoms with Crippen LogP contribution < -0.4 is 31.2 Å². The number of pyridine rings is 2. The summed E-state index contributed by atoms with van der Waals surface area (Å²) in [7, 11) is 2.91. The molecule has 0 atom stereocenters. The Morgan fingerprint density at radius 3 is 1.18 bits per heavy atom. The van der Waals surface area contributed by atoms with Crippen LogP contribution in [-0.2, 0) is 49.6 Å². The summed E-state index contributed by atoms with van der Waals surface area (Å²) in [5.41, 5.74) is 0.0449. The Morgan fingerprint density at radius 1 is 0.561 bits per heavy atom. The predicted molar refractivity (Wildman–Crippen MR) is 286 cm³/mol. The molecule has 0 spiro atoms. The molecule has 0 bridgehead atoms. The van der Waals surface area contributed by atoms with Crippen molar-refractivity contribution < 1.29 is 74.8 Å². The molecular weight excluding hydrogens is 1090 g/mol. The van der Waals surface area contributed by atoms with Gasteiger partial charge in [-0.2, -0.15) is 26.3 Å². The van der Waals surface area contributed by atoms with Gasteiger partial charge in [0.15, 0.2) is 47.7 Å². The third-order valence-corrected chi connectivity index (χ3v) is 14.4. The third-order valence-electron chi connectivity index (χ3n) is 14.4. The average molecular weight is 1150 g/mol. The van der Waals surface area contributed by atoms with E-state index in [1.165, 1.54) is 42.2 Å². The van der Waals surface area contributed by atoms with E-state index in [9.17, 15) is 64.7 Å². The zero-order valence-electron chi connectivity index (χ0n) is 45.3. The molecular formula is C56H62F6N8O12. The number of halogens is 6. The van der Waals surface area contributed by atoms with E-state index in [1.54, 1.807) is 86.6 Å². The number of aliphatic hydroxyl groups excluding tert-OH is 2. The zero-order valence-corrected chi connectivity index (χ0v) is 45.3. The monoisotopic (exact) mass is 1150 g/mol. The quantitative estimate of drug-likeness (QED) is 0.0665. The summed E-state index contributed by atoms with van der Waals surface area (Å²) in [5.74, 6) is -4.09.